The van der Waals surface area contributed by atoms with Crippen LogP contribution in [0.25, 0.3) is 0 Å². The van der Waals surface area contributed by atoms with Crippen molar-refractivity contribution in [3.63, 3.8) is 0 Å². The average molecular weight is 263 g/mol. The van der Waals surface area contributed by atoms with Crippen LogP contribution in [-0.4, -0.2) is 12.8 Å². The maximum Gasteiger partial charge on any atom is 0.161 e. The molecule has 0 radical (unpaired) electrons. The van der Waals surface area contributed by atoms with Crippen LogP contribution in [-0.2, 0) is 6.54 Å². The monoisotopic (exact) mass is 263 g/mol. The summed E-state index contributed by atoms with van der Waals surface area (Å²) in [7, 11) is 1.79. The van der Waals surface area contributed by atoms with E-state index in [0.29, 0.717) is 17.8 Å². The molecule has 2 aromatic rings. The van der Waals surface area contributed by atoms with Gasteiger partial charge in [0.1, 0.15) is 5.82 Å². The van der Waals surface area contributed by atoms with Crippen LogP contribution >= 0.6 is 11.3 Å². The van der Waals surface area contributed by atoms with E-state index in [0.717, 1.165) is 5.56 Å². The number of carbonyl (C=O) groups is 1. The standard InChI is InChI=1S/C14H14FNOS/c1-10(17)12-4-3-5-13(15)14(12)16(2)8-11-6-7-18-9-11/h3-7,9H,8H2,1-2H3. The first-order valence-corrected chi connectivity index (χ1v) is 6.55. The van der Waals surface area contributed by atoms with Gasteiger partial charge in [-0.05, 0) is 41.4 Å². The van der Waals surface area contributed by atoms with Crippen molar-refractivity contribution in [1.29, 1.82) is 0 Å². The lowest BCUT2D eigenvalue weighted by Crippen LogP contribution is -2.20. The number of nitrogens with zero attached hydrogens (tertiary/aromatic N) is 1. The lowest BCUT2D eigenvalue weighted by molar-refractivity contribution is 0.101. The molecule has 1 aromatic carbocycles. The van der Waals surface area contributed by atoms with Crippen molar-refractivity contribution in [1.82, 2.24) is 0 Å². The van der Waals surface area contributed by atoms with Gasteiger partial charge in [-0.25, -0.2) is 4.39 Å². The largest absolute Gasteiger partial charge is 0.367 e. The SMILES string of the molecule is CC(=O)c1cccc(F)c1N(C)Cc1ccsc1. The van der Waals surface area contributed by atoms with E-state index in [9.17, 15) is 9.18 Å². The first-order valence-electron chi connectivity index (χ1n) is 5.61. The zero-order valence-corrected chi connectivity index (χ0v) is 11.1. The van der Waals surface area contributed by atoms with Crippen molar-refractivity contribution in [3.05, 3.63) is 52.0 Å². The molecule has 94 valence electrons. The van der Waals surface area contributed by atoms with Gasteiger partial charge in [0.2, 0.25) is 0 Å². The Morgan fingerprint density at radius 1 is 1.39 bits per heavy atom. The maximum atomic E-state index is 13.9. The van der Waals surface area contributed by atoms with Crippen LogP contribution in [0.5, 0.6) is 0 Å². The fraction of sp³-hybridized carbons (Fsp3) is 0.214. The van der Waals surface area contributed by atoms with Gasteiger partial charge < -0.3 is 4.90 Å². The number of hydrogen-bond donors (Lipinski definition) is 0. The molecule has 0 fully saturated rings. The van der Waals surface area contributed by atoms with Gasteiger partial charge in [-0.2, -0.15) is 11.3 Å². The number of hydrogen-bond acceptors (Lipinski definition) is 3. The number of para-hydroxylation sites is 1. The third-order valence-electron chi connectivity index (χ3n) is 2.75. The molecule has 0 spiro atoms. The minimum atomic E-state index is -0.361. The number of Topliss-reactive ketones (excluding diaryl/α,β-unsaturated/α-hetero) is 1. The average Bonchev–Trinajstić information content (AvgIpc) is 2.81. The summed E-state index contributed by atoms with van der Waals surface area (Å²) >= 11 is 1.60. The summed E-state index contributed by atoms with van der Waals surface area (Å²) < 4.78 is 13.9. The molecule has 0 aliphatic rings. The molecule has 0 saturated carbocycles. The molecule has 1 aromatic heterocycles. The Morgan fingerprint density at radius 3 is 2.78 bits per heavy atom. The molecule has 0 aliphatic heterocycles. The Balaban J connectivity index is 2.34. The lowest BCUT2D eigenvalue weighted by atomic mass is 10.1. The van der Waals surface area contributed by atoms with Gasteiger partial charge in [0.05, 0.1) is 5.69 Å². The van der Waals surface area contributed by atoms with Crippen LogP contribution in [0.15, 0.2) is 35.0 Å². The van der Waals surface area contributed by atoms with E-state index in [-0.39, 0.29) is 11.6 Å². The zero-order chi connectivity index (χ0) is 13.1. The summed E-state index contributed by atoms with van der Waals surface area (Å²) in [5.41, 5.74) is 1.91. The molecule has 4 heteroatoms. The highest BCUT2D eigenvalue weighted by molar-refractivity contribution is 7.07. The molecule has 18 heavy (non-hydrogen) atoms. The second kappa shape index (κ2) is 5.31. The summed E-state index contributed by atoms with van der Waals surface area (Å²) in [5, 5.41) is 4.00. The summed E-state index contributed by atoms with van der Waals surface area (Å²) in [6.07, 6.45) is 0. The predicted octanol–water partition coefficient (Wildman–Crippen LogP) is 3.73. The number of rotatable bonds is 4. The van der Waals surface area contributed by atoms with Crippen LogP contribution in [0, 0.1) is 5.82 Å². The Hall–Kier alpha value is -1.68. The maximum absolute atomic E-state index is 13.9. The minimum absolute atomic E-state index is 0.123. The topological polar surface area (TPSA) is 20.3 Å². The number of ketones is 1. The van der Waals surface area contributed by atoms with Gasteiger partial charge in [0, 0.05) is 19.2 Å². The minimum Gasteiger partial charge on any atom is -0.367 e. The first kappa shape index (κ1) is 12.8. The molecule has 2 nitrogen and oxygen atoms in total. The van der Waals surface area contributed by atoms with E-state index in [1.165, 1.54) is 13.0 Å². The molecule has 0 unspecified atom stereocenters. The second-order valence-electron chi connectivity index (χ2n) is 4.18. The first-order chi connectivity index (χ1) is 8.59. The van der Waals surface area contributed by atoms with Crippen molar-refractivity contribution in [2.45, 2.75) is 13.5 Å². The van der Waals surface area contributed by atoms with Crippen LogP contribution in [0.4, 0.5) is 10.1 Å². The highest BCUT2D eigenvalue weighted by atomic mass is 32.1. The van der Waals surface area contributed by atoms with Crippen LogP contribution < -0.4 is 4.90 Å². The van der Waals surface area contributed by atoms with Crippen molar-refractivity contribution in [3.8, 4) is 0 Å². The van der Waals surface area contributed by atoms with Gasteiger partial charge in [0.25, 0.3) is 0 Å². The number of carbonyl (C=O) groups excluding carboxylic acids is 1. The Kier molecular flexibility index (Phi) is 3.77. The van der Waals surface area contributed by atoms with Gasteiger partial charge in [-0.3, -0.25) is 4.79 Å². The summed E-state index contributed by atoms with van der Waals surface area (Å²) in [5.74, 6) is -0.484. The zero-order valence-electron chi connectivity index (χ0n) is 10.3. The third kappa shape index (κ3) is 2.59. The van der Waals surface area contributed by atoms with E-state index in [4.69, 9.17) is 0 Å². The van der Waals surface area contributed by atoms with E-state index in [1.54, 1.807) is 35.4 Å². The third-order valence-corrected chi connectivity index (χ3v) is 3.48. The summed E-state index contributed by atoms with van der Waals surface area (Å²) in [6, 6.07) is 6.60. The number of benzene rings is 1. The molecule has 0 bridgehead atoms. The van der Waals surface area contributed by atoms with Crippen molar-refractivity contribution < 1.29 is 9.18 Å². The second-order valence-corrected chi connectivity index (χ2v) is 4.96. The van der Waals surface area contributed by atoms with Gasteiger partial charge in [-0.1, -0.05) is 6.07 Å². The predicted molar refractivity (Wildman–Crippen MR) is 72.8 cm³/mol. The number of thiophene rings is 1. The molecule has 0 aliphatic carbocycles. The highest BCUT2D eigenvalue weighted by Gasteiger charge is 2.16. The highest BCUT2D eigenvalue weighted by Crippen LogP contribution is 2.25. The van der Waals surface area contributed by atoms with Crippen molar-refractivity contribution in [2.75, 3.05) is 11.9 Å². The van der Waals surface area contributed by atoms with Gasteiger partial charge in [0.15, 0.2) is 5.78 Å². The molecule has 1 heterocycles. The van der Waals surface area contributed by atoms with E-state index >= 15 is 0 Å². The fourth-order valence-corrected chi connectivity index (χ4v) is 2.58. The van der Waals surface area contributed by atoms with Crippen LogP contribution in [0.2, 0.25) is 0 Å². The van der Waals surface area contributed by atoms with E-state index in [1.807, 2.05) is 16.8 Å². The Morgan fingerprint density at radius 2 is 2.17 bits per heavy atom. The smallest absolute Gasteiger partial charge is 0.161 e. The van der Waals surface area contributed by atoms with Crippen molar-refractivity contribution >= 4 is 22.8 Å². The van der Waals surface area contributed by atoms with E-state index in [2.05, 4.69) is 0 Å². The quantitative estimate of drug-likeness (QED) is 0.783. The lowest BCUT2D eigenvalue weighted by Gasteiger charge is -2.21. The normalized spacial score (nSPS) is 10.4. The van der Waals surface area contributed by atoms with Crippen LogP contribution in [0.1, 0.15) is 22.8 Å². The summed E-state index contributed by atoms with van der Waals surface area (Å²) in [4.78, 5) is 13.3. The molecule has 2 rings (SSSR count). The molecule has 0 N–H and O–H groups in total. The number of anilines is 1. The molecule has 0 saturated heterocycles. The van der Waals surface area contributed by atoms with E-state index < -0.39 is 0 Å². The van der Waals surface area contributed by atoms with Gasteiger partial charge >= 0.3 is 0 Å². The molecular formula is C14H14FNOS. The summed E-state index contributed by atoms with van der Waals surface area (Å²) in [6.45, 7) is 2.04. The number of halogens is 1. The fourth-order valence-electron chi connectivity index (χ4n) is 1.92. The molecule has 0 amide bonds. The Labute approximate surface area is 110 Å². The van der Waals surface area contributed by atoms with Gasteiger partial charge in [-0.15, -0.1) is 0 Å². The molecular weight excluding hydrogens is 249 g/mol. The van der Waals surface area contributed by atoms with Crippen LogP contribution in [0.3, 0.4) is 0 Å². The molecule has 0 atom stereocenters. The Bertz CT molecular complexity index is 551. The van der Waals surface area contributed by atoms with Crippen molar-refractivity contribution in [2.24, 2.45) is 0 Å².